The van der Waals surface area contributed by atoms with Crippen LogP contribution in [0.2, 0.25) is 0 Å². The van der Waals surface area contributed by atoms with Gasteiger partial charge in [0.05, 0.1) is 18.3 Å². The van der Waals surface area contributed by atoms with Crippen molar-refractivity contribution in [1.29, 1.82) is 0 Å². The third kappa shape index (κ3) is 4.16. The van der Waals surface area contributed by atoms with Crippen molar-refractivity contribution in [3.05, 3.63) is 60.2 Å². The Kier molecular flexibility index (Phi) is 4.99. The SMILES string of the molecule is CC1(C)[C@H](C(=O)O)[C@@H]1C(=O)Nc1ccc(NC(=O)Cc2ccccc2)cc1. The van der Waals surface area contributed by atoms with E-state index in [4.69, 9.17) is 0 Å². The van der Waals surface area contributed by atoms with E-state index in [2.05, 4.69) is 10.6 Å². The Hall–Kier alpha value is -3.15. The highest BCUT2D eigenvalue weighted by atomic mass is 16.4. The minimum atomic E-state index is -0.948. The molecule has 0 aliphatic heterocycles. The van der Waals surface area contributed by atoms with Gasteiger partial charge in [0, 0.05) is 11.4 Å². The molecule has 1 aliphatic carbocycles. The molecule has 0 radical (unpaired) electrons. The number of carboxylic acid groups (broad SMARTS) is 1. The van der Waals surface area contributed by atoms with E-state index >= 15 is 0 Å². The standard InChI is InChI=1S/C21H22N2O4/c1-21(2)17(18(21)20(26)27)19(25)23-15-10-8-14(9-11-15)22-16(24)12-13-6-4-3-5-7-13/h3-11,17-18H,12H2,1-2H3,(H,22,24)(H,23,25)(H,26,27)/t17-,18+/m1/s1. The molecule has 6 heteroatoms. The Balaban J connectivity index is 1.55. The molecule has 1 aliphatic rings. The average molecular weight is 366 g/mol. The number of carbonyl (C=O) groups is 3. The van der Waals surface area contributed by atoms with Gasteiger partial charge >= 0.3 is 5.97 Å². The molecule has 140 valence electrons. The summed E-state index contributed by atoms with van der Waals surface area (Å²) in [6, 6.07) is 16.2. The van der Waals surface area contributed by atoms with Crippen molar-refractivity contribution in [2.75, 3.05) is 10.6 Å². The van der Waals surface area contributed by atoms with Crippen LogP contribution < -0.4 is 10.6 Å². The fourth-order valence-electron chi connectivity index (χ4n) is 3.43. The molecule has 1 fully saturated rings. The van der Waals surface area contributed by atoms with E-state index in [1.54, 1.807) is 38.1 Å². The largest absolute Gasteiger partial charge is 0.481 e. The summed E-state index contributed by atoms with van der Waals surface area (Å²) in [5.41, 5.74) is 1.58. The van der Waals surface area contributed by atoms with Crippen molar-refractivity contribution in [3.63, 3.8) is 0 Å². The maximum absolute atomic E-state index is 12.3. The Bertz CT molecular complexity index is 860. The first-order valence-electron chi connectivity index (χ1n) is 8.76. The molecule has 2 aromatic rings. The molecule has 0 aromatic heterocycles. The zero-order valence-corrected chi connectivity index (χ0v) is 15.2. The first-order chi connectivity index (χ1) is 12.8. The van der Waals surface area contributed by atoms with Crippen LogP contribution in [0.1, 0.15) is 19.4 Å². The third-order valence-electron chi connectivity index (χ3n) is 5.02. The van der Waals surface area contributed by atoms with Gasteiger partial charge in [-0.3, -0.25) is 14.4 Å². The van der Waals surface area contributed by atoms with E-state index in [1.807, 2.05) is 30.3 Å². The lowest BCUT2D eigenvalue weighted by Crippen LogP contribution is -2.18. The van der Waals surface area contributed by atoms with Gasteiger partial charge in [-0.1, -0.05) is 44.2 Å². The number of carbonyl (C=O) groups excluding carboxylic acids is 2. The molecular weight excluding hydrogens is 344 g/mol. The van der Waals surface area contributed by atoms with Crippen molar-refractivity contribution in [2.45, 2.75) is 20.3 Å². The molecule has 2 amide bonds. The van der Waals surface area contributed by atoms with Gasteiger partial charge in [0.1, 0.15) is 0 Å². The zero-order valence-electron chi connectivity index (χ0n) is 15.2. The highest BCUT2D eigenvalue weighted by molar-refractivity contribution is 6.00. The summed E-state index contributed by atoms with van der Waals surface area (Å²) in [6.07, 6.45) is 0.284. The number of nitrogens with one attached hydrogen (secondary N) is 2. The molecule has 0 unspecified atom stereocenters. The van der Waals surface area contributed by atoms with Gasteiger partial charge < -0.3 is 15.7 Å². The lowest BCUT2D eigenvalue weighted by Gasteiger charge is -2.09. The Morgan fingerprint density at radius 1 is 0.889 bits per heavy atom. The summed E-state index contributed by atoms with van der Waals surface area (Å²) in [5.74, 6) is -2.57. The molecule has 2 aromatic carbocycles. The maximum Gasteiger partial charge on any atom is 0.307 e. The number of anilines is 2. The van der Waals surface area contributed by atoms with Crippen LogP contribution in [-0.4, -0.2) is 22.9 Å². The fourth-order valence-corrected chi connectivity index (χ4v) is 3.43. The van der Waals surface area contributed by atoms with Gasteiger partial charge in [-0.05, 0) is 35.2 Å². The number of carboxylic acids is 1. The van der Waals surface area contributed by atoms with Crippen molar-refractivity contribution in [3.8, 4) is 0 Å². The van der Waals surface area contributed by atoms with E-state index < -0.39 is 23.2 Å². The molecule has 3 rings (SSSR count). The third-order valence-corrected chi connectivity index (χ3v) is 5.02. The maximum atomic E-state index is 12.3. The Morgan fingerprint density at radius 3 is 1.96 bits per heavy atom. The van der Waals surface area contributed by atoms with Crippen LogP contribution >= 0.6 is 0 Å². The van der Waals surface area contributed by atoms with E-state index in [0.29, 0.717) is 11.4 Å². The zero-order chi connectivity index (χ0) is 19.6. The molecule has 27 heavy (non-hydrogen) atoms. The summed E-state index contributed by atoms with van der Waals surface area (Å²) in [5, 5.41) is 14.7. The number of amides is 2. The number of benzene rings is 2. The molecule has 0 heterocycles. The fraction of sp³-hybridized carbons (Fsp3) is 0.286. The minimum absolute atomic E-state index is 0.123. The topological polar surface area (TPSA) is 95.5 Å². The van der Waals surface area contributed by atoms with Gasteiger partial charge in [-0.2, -0.15) is 0 Å². The second-order valence-corrected chi connectivity index (χ2v) is 7.39. The molecule has 2 atom stereocenters. The van der Waals surface area contributed by atoms with E-state index in [1.165, 1.54) is 0 Å². The molecule has 3 N–H and O–H groups in total. The molecular formula is C21H22N2O4. The van der Waals surface area contributed by atoms with Crippen LogP contribution in [0, 0.1) is 17.3 Å². The average Bonchev–Trinajstić information content (AvgIpc) is 3.20. The van der Waals surface area contributed by atoms with Crippen molar-refractivity contribution >= 4 is 29.2 Å². The second kappa shape index (κ2) is 7.23. The lowest BCUT2D eigenvalue weighted by atomic mass is 10.1. The van der Waals surface area contributed by atoms with Crippen LogP contribution in [0.15, 0.2) is 54.6 Å². The highest BCUT2D eigenvalue weighted by Crippen LogP contribution is 2.58. The monoisotopic (exact) mass is 366 g/mol. The summed E-state index contributed by atoms with van der Waals surface area (Å²) < 4.78 is 0. The number of hydrogen-bond acceptors (Lipinski definition) is 3. The second-order valence-electron chi connectivity index (χ2n) is 7.39. The summed E-state index contributed by atoms with van der Waals surface area (Å²) in [7, 11) is 0. The predicted molar refractivity (Wildman–Crippen MR) is 102 cm³/mol. The Morgan fingerprint density at radius 2 is 1.44 bits per heavy atom. The summed E-state index contributed by atoms with van der Waals surface area (Å²) in [4.78, 5) is 35.6. The molecule has 0 saturated heterocycles. The van der Waals surface area contributed by atoms with Crippen LogP contribution in [0.5, 0.6) is 0 Å². The van der Waals surface area contributed by atoms with Crippen molar-refractivity contribution in [2.24, 2.45) is 17.3 Å². The predicted octanol–water partition coefficient (Wildman–Crippen LogP) is 3.16. The first kappa shape index (κ1) is 18.6. The lowest BCUT2D eigenvalue weighted by molar-refractivity contribution is -0.140. The van der Waals surface area contributed by atoms with E-state index in [9.17, 15) is 19.5 Å². The highest BCUT2D eigenvalue weighted by Gasteiger charge is 2.65. The molecule has 0 bridgehead atoms. The van der Waals surface area contributed by atoms with Crippen LogP contribution in [0.3, 0.4) is 0 Å². The van der Waals surface area contributed by atoms with Crippen LogP contribution in [0.4, 0.5) is 11.4 Å². The van der Waals surface area contributed by atoms with Crippen LogP contribution in [0.25, 0.3) is 0 Å². The summed E-state index contributed by atoms with van der Waals surface area (Å²) >= 11 is 0. The van der Waals surface area contributed by atoms with Crippen molar-refractivity contribution < 1.29 is 19.5 Å². The smallest absolute Gasteiger partial charge is 0.307 e. The van der Waals surface area contributed by atoms with Gasteiger partial charge in [0.2, 0.25) is 11.8 Å². The molecule has 6 nitrogen and oxygen atoms in total. The van der Waals surface area contributed by atoms with Gasteiger partial charge in [-0.15, -0.1) is 0 Å². The normalized spacial score (nSPS) is 19.8. The Labute approximate surface area is 157 Å². The van der Waals surface area contributed by atoms with Gasteiger partial charge in [0.25, 0.3) is 0 Å². The number of hydrogen-bond donors (Lipinski definition) is 3. The van der Waals surface area contributed by atoms with Gasteiger partial charge in [0.15, 0.2) is 0 Å². The van der Waals surface area contributed by atoms with Gasteiger partial charge in [-0.25, -0.2) is 0 Å². The molecule has 1 saturated carbocycles. The van der Waals surface area contributed by atoms with Crippen LogP contribution in [-0.2, 0) is 20.8 Å². The number of rotatable bonds is 6. The minimum Gasteiger partial charge on any atom is -0.481 e. The van der Waals surface area contributed by atoms with E-state index in [0.717, 1.165) is 5.56 Å². The van der Waals surface area contributed by atoms with Crippen molar-refractivity contribution in [1.82, 2.24) is 0 Å². The first-order valence-corrected chi connectivity index (χ1v) is 8.76. The number of aliphatic carboxylic acids is 1. The molecule has 0 spiro atoms. The summed E-state index contributed by atoms with van der Waals surface area (Å²) in [6.45, 7) is 3.56. The quantitative estimate of drug-likeness (QED) is 0.732. The van der Waals surface area contributed by atoms with E-state index in [-0.39, 0.29) is 18.2 Å².